The fraction of sp³-hybridized carbons (Fsp3) is 0.333. The van der Waals surface area contributed by atoms with Crippen molar-refractivity contribution in [2.75, 3.05) is 11.9 Å². The van der Waals surface area contributed by atoms with Gasteiger partial charge >= 0.3 is 5.97 Å². The van der Waals surface area contributed by atoms with E-state index in [1.54, 1.807) is 12.3 Å². The molecular weight excluding hydrogens is 272 g/mol. The topological polar surface area (TPSA) is 51.2 Å². The first-order chi connectivity index (χ1) is 9.51. The molecule has 0 radical (unpaired) electrons. The number of aryl methyl sites for hydroxylation is 3. The maximum Gasteiger partial charge on any atom is 0.357 e. The molecule has 106 valence electrons. The molecule has 0 fully saturated rings. The zero-order chi connectivity index (χ0) is 14.7. The molecule has 2 aromatic rings. The standard InChI is InChI=1S/C15H18N2O2S/c1-5-19-14(18)12-8-20-15(16-12)17-13-10(3)6-9(2)7-11(13)4/h6-8H,5H2,1-4H3,(H,16,17). The predicted octanol–water partition coefficient (Wildman–Crippen LogP) is 3.99. The second-order valence-electron chi connectivity index (χ2n) is 4.66. The molecule has 1 aromatic carbocycles. The van der Waals surface area contributed by atoms with Crippen molar-refractivity contribution >= 4 is 28.1 Å². The molecule has 0 saturated carbocycles. The average molecular weight is 290 g/mol. The summed E-state index contributed by atoms with van der Waals surface area (Å²) < 4.78 is 4.93. The third-order valence-corrected chi connectivity index (χ3v) is 3.66. The molecule has 0 spiro atoms. The fourth-order valence-electron chi connectivity index (χ4n) is 2.11. The Morgan fingerprint density at radius 1 is 1.30 bits per heavy atom. The maximum atomic E-state index is 11.6. The third kappa shape index (κ3) is 3.17. The number of nitrogens with zero attached hydrogens (tertiary/aromatic N) is 1. The molecule has 1 aromatic heterocycles. The Morgan fingerprint density at radius 3 is 2.55 bits per heavy atom. The predicted molar refractivity (Wildman–Crippen MR) is 82.0 cm³/mol. The van der Waals surface area contributed by atoms with E-state index in [4.69, 9.17) is 4.74 Å². The molecule has 2 rings (SSSR count). The Balaban J connectivity index is 2.21. The molecule has 0 aliphatic heterocycles. The molecule has 5 heteroatoms. The first kappa shape index (κ1) is 14.5. The zero-order valence-corrected chi connectivity index (χ0v) is 12.9. The Labute approximate surface area is 122 Å². The summed E-state index contributed by atoms with van der Waals surface area (Å²) in [5.41, 5.74) is 4.95. The Hall–Kier alpha value is -1.88. The van der Waals surface area contributed by atoms with E-state index in [0.717, 1.165) is 16.8 Å². The van der Waals surface area contributed by atoms with E-state index in [-0.39, 0.29) is 5.97 Å². The number of benzene rings is 1. The maximum absolute atomic E-state index is 11.6. The van der Waals surface area contributed by atoms with Crippen LogP contribution in [0.1, 0.15) is 34.1 Å². The monoisotopic (exact) mass is 290 g/mol. The number of aromatic nitrogens is 1. The first-order valence-electron chi connectivity index (χ1n) is 6.48. The number of carbonyl (C=O) groups excluding carboxylic acids is 1. The van der Waals surface area contributed by atoms with Gasteiger partial charge in [0.05, 0.1) is 6.61 Å². The lowest BCUT2D eigenvalue weighted by Crippen LogP contribution is -2.05. The molecule has 0 unspecified atom stereocenters. The van der Waals surface area contributed by atoms with E-state index >= 15 is 0 Å². The number of rotatable bonds is 4. The van der Waals surface area contributed by atoms with Gasteiger partial charge in [-0.2, -0.15) is 0 Å². The van der Waals surface area contributed by atoms with Crippen molar-refractivity contribution in [3.8, 4) is 0 Å². The van der Waals surface area contributed by atoms with E-state index in [1.165, 1.54) is 16.9 Å². The highest BCUT2D eigenvalue weighted by Crippen LogP contribution is 2.27. The molecular formula is C15H18N2O2S. The van der Waals surface area contributed by atoms with Crippen LogP contribution >= 0.6 is 11.3 Å². The van der Waals surface area contributed by atoms with Gasteiger partial charge in [0.1, 0.15) is 0 Å². The van der Waals surface area contributed by atoms with Crippen LogP contribution in [0.25, 0.3) is 0 Å². The normalized spacial score (nSPS) is 10.4. The van der Waals surface area contributed by atoms with Crippen molar-refractivity contribution < 1.29 is 9.53 Å². The van der Waals surface area contributed by atoms with Gasteiger partial charge in [-0.3, -0.25) is 0 Å². The van der Waals surface area contributed by atoms with Crippen molar-refractivity contribution in [3.63, 3.8) is 0 Å². The summed E-state index contributed by atoms with van der Waals surface area (Å²) in [4.78, 5) is 15.8. The summed E-state index contributed by atoms with van der Waals surface area (Å²) in [7, 11) is 0. The highest BCUT2D eigenvalue weighted by Gasteiger charge is 2.12. The van der Waals surface area contributed by atoms with Crippen LogP contribution in [0.2, 0.25) is 0 Å². The van der Waals surface area contributed by atoms with Crippen molar-refractivity contribution in [1.29, 1.82) is 0 Å². The number of hydrogen-bond donors (Lipinski definition) is 1. The van der Waals surface area contributed by atoms with E-state index in [0.29, 0.717) is 17.4 Å². The Bertz CT molecular complexity index is 612. The molecule has 0 aliphatic carbocycles. The van der Waals surface area contributed by atoms with E-state index in [2.05, 4.69) is 43.2 Å². The van der Waals surface area contributed by atoms with Crippen molar-refractivity contribution in [1.82, 2.24) is 4.98 Å². The number of ether oxygens (including phenoxy) is 1. The minimum absolute atomic E-state index is 0.349. The number of thiazole rings is 1. The SMILES string of the molecule is CCOC(=O)c1csc(Nc2c(C)cc(C)cc2C)n1. The molecule has 0 aliphatic rings. The Morgan fingerprint density at radius 2 is 1.95 bits per heavy atom. The van der Waals surface area contributed by atoms with Crippen LogP contribution in [0.3, 0.4) is 0 Å². The lowest BCUT2D eigenvalue weighted by molar-refractivity contribution is 0.0520. The number of hydrogen-bond acceptors (Lipinski definition) is 5. The highest BCUT2D eigenvalue weighted by molar-refractivity contribution is 7.14. The smallest absolute Gasteiger partial charge is 0.357 e. The van der Waals surface area contributed by atoms with Gasteiger partial charge in [0.25, 0.3) is 0 Å². The minimum Gasteiger partial charge on any atom is -0.461 e. The van der Waals surface area contributed by atoms with Gasteiger partial charge in [0.2, 0.25) is 0 Å². The lowest BCUT2D eigenvalue weighted by Gasteiger charge is -2.11. The zero-order valence-electron chi connectivity index (χ0n) is 12.1. The van der Waals surface area contributed by atoms with Gasteiger partial charge in [-0.15, -0.1) is 11.3 Å². The van der Waals surface area contributed by atoms with Gasteiger partial charge in [-0.05, 0) is 38.8 Å². The van der Waals surface area contributed by atoms with Gasteiger partial charge < -0.3 is 10.1 Å². The van der Waals surface area contributed by atoms with Crippen molar-refractivity contribution in [3.05, 3.63) is 39.9 Å². The average Bonchev–Trinajstić information content (AvgIpc) is 2.82. The van der Waals surface area contributed by atoms with Crippen molar-refractivity contribution in [2.45, 2.75) is 27.7 Å². The summed E-state index contributed by atoms with van der Waals surface area (Å²) >= 11 is 1.40. The molecule has 0 bridgehead atoms. The number of esters is 1. The summed E-state index contributed by atoms with van der Waals surface area (Å²) in [6.07, 6.45) is 0. The summed E-state index contributed by atoms with van der Waals surface area (Å²) in [5.74, 6) is -0.380. The fourth-order valence-corrected chi connectivity index (χ4v) is 2.80. The van der Waals surface area contributed by atoms with Crippen LogP contribution in [0, 0.1) is 20.8 Å². The molecule has 0 atom stereocenters. The summed E-state index contributed by atoms with van der Waals surface area (Å²) in [5, 5.41) is 5.69. The van der Waals surface area contributed by atoms with Gasteiger partial charge in [-0.25, -0.2) is 9.78 Å². The van der Waals surface area contributed by atoms with Gasteiger partial charge in [0.15, 0.2) is 10.8 Å². The number of anilines is 2. The summed E-state index contributed by atoms with van der Waals surface area (Å²) in [6, 6.07) is 4.24. The largest absolute Gasteiger partial charge is 0.461 e. The van der Waals surface area contributed by atoms with Crippen LogP contribution < -0.4 is 5.32 Å². The second-order valence-corrected chi connectivity index (χ2v) is 5.52. The third-order valence-electron chi connectivity index (χ3n) is 2.90. The van der Waals surface area contributed by atoms with Crippen LogP contribution in [-0.2, 0) is 4.74 Å². The van der Waals surface area contributed by atoms with Crippen LogP contribution in [-0.4, -0.2) is 17.6 Å². The lowest BCUT2D eigenvalue weighted by atomic mass is 10.1. The van der Waals surface area contributed by atoms with Crippen LogP contribution in [0.15, 0.2) is 17.5 Å². The molecule has 1 heterocycles. The number of carbonyl (C=O) groups is 1. The van der Waals surface area contributed by atoms with E-state index < -0.39 is 0 Å². The van der Waals surface area contributed by atoms with Crippen LogP contribution in [0.5, 0.6) is 0 Å². The molecule has 0 amide bonds. The summed E-state index contributed by atoms with van der Waals surface area (Å²) in [6.45, 7) is 8.33. The van der Waals surface area contributed by atoms with Gasteiger partial charge in [-0.1, -0.05) is 17.7 Å². The number of nitrogens with one attached hydrogen (secondary N) is 1. The molecule has 4 nitrogen and oxygen atoms in total. The minimum atomic E-state index is -0.380. The molecule has 0 saturated heterocycles. The first-order valence-corrected chi connectivity index (χ1v) is 7.36. The van der Waals surface area contributed by atoms with E-state index in [1.807, 2.05) is 0 Å². The highest BCUT2D eigenvalue weighted by atomic mass is 32.1. The second kappa shape index (κ2) is 6.05. The molecule has 1 N–H and O–H groups in total. The Kier molecular flexibility index (Phi) is 4.39. The van der Waals surface area contributed by atoms with E-state index in [9.17, 15) is 4.79 Å². The van der Waals surface area contributed by atoms with Crippen molar-refractivity contribution in [2.24, 2.45) is 0 Å². The quantitative estimate of drug-likeness (QED) is 0.865. The molecule has 20 heavy (non-hydrogen) atoms. The van der Waals surface area contributed by atoms with Gasteiger partial charge in [0, 0.05) is 11.1 Å². The van der Waals surface area contributed by atoms with Crippen LogP contribution in [0.4, 0.5) is 10.8 Å².